The number of nitrogens with one attached hydrogen (secondary N) is 1. The third kappa shape index (κ3) is 7.06. The Bertz CT molecular complexity index is 183. The van der Waals surface area contributed by atoms with Crippen molar-refractivity contribution in [2.45, 2.75) is 51.9 Å². The Morgan fingerprint density at radius 3 is 2.19 bits per heavy atom. The summed E-state index contributed by atoms with van der Waals surface area (Å²) in [6.45, 7) is 5.60. The van der Waals surface area contributed by atoms with Crippen LogP contribution in [-0.2, 0) is 0 Å². The highest BCUT2D eigenvalue weighted by Gasteiger charge is 2.26. The lowest BCUT2D eigenvalue weighted by atomic mass is 10.1. The van der Waals surface area contributed by atoms with E-state index >= 15 is 0 Å². The molecule has 1 N–H and O–H groups in total. The van der Waals surface area contributed by atoms with Crippen LogP contribution in [0, 0.1) is 0 Å². The van der Waals surface area contributed by atoms with Gasteiger partial charge in [0.25, 0.3) is 0 Å². The number of likely N-dealkylation sites (N-methyl/N-ethyl adjacent to an activating group) is 1. The first-order valence-electron chi connectivity index (χ1n) is 5.77. The van der Waals surface area contributed by atoms with Gasteiger partial charge in [-0.15, -0.1) is 0 Å². The zero-order chi connectivity index (χ0) is 12.8. The van der Waals surface area contributed by atoms with Gasteiger partial charge in [-0.3, -0.25) is 4.90 Å². The van der Waals surface area contributed by atoms with Crippen molar-refractivity contribution in [2.24, 2.45) is 0 Å². The summed E-state index contributed by atoms with van der Waals surface area (Å²) in [5.74, 6) is 0. The molecule has 0 aliphatic carbocycles. The highest BCUT2D eigenvalue weighted by Crippen LogP contribution is 2.12. The molecule has 0 aliphatic rings. The van der Waals surface area contributed by atoms with Crippen LogP contribution in [0.2, 0.25) is 0 Å². The average Bonchev–Trinajstić information content (AvgIpc) is 2.14. The molecule has 0 aromatic heterocycles. The predicted molar refractivity (Wildman–Crippen MR) is 60.5 cm³/mol. The van der Waals surface area contributed by atoms with Crippen LogP contribution >= 0.6 is 0 Å². The Labute approximate surface area is 96.2 Å². The zero-order valence-electron chi connectivity index (χ0n) is 10.6. The maximum absolute atomic E-state index is 11.9. The molecule has 0 heterocycles. The van der Waals surface area contributed by atoms with Crippen molar-refractivity contribution in [3.63, 3.8) is 0 Å². The topological polar surface area (TPSA) is 15.3 Å². The minimum atomic E-state index is -4.12. The molecule has 0 fully saturated rings. The molecule has 0 aliphatic heterocycles. The van der Waals surface area contributed by atoms with Crippen LogP contribution in [-0.4, -0.2) is 43.3 Å². The molecular formula is C11H23F3N2. The fourth-order valence-corrected chi connectivity index (χ4v) is 1.62. The van der Waals surface area contributed by atoms with Crippen molar-refractivity contribution in [1.29, 1.82) is 0 Å². The van der Waals surface area contributed by atoms with E-state index in [-0.39, 0.29) is 6.04 Å². The fraction of sp³-hybridized carbons (Fsp3) is 1.00. The maximum atomic E-state index is 11.9. The quantitative estimate of drug-likeness (QED) is 0.736. The van der Waals surface area contributed by atoms with Crippen molar-refractivity contribution in [3.05, 3.63) is 0 Å². The van der Waals surface area contributed by atoms with E-state index in [2.05, 4.69) is 24.1 Å². The van der Waals surface area contributed by atoms with Crippen molar-refractivity contribution in [1.82, 2.24) is 10.2 Å². The molecule has 0 bridgehead atoms. The average molecular weight is 240 g/mol. The smallest absolute Gasteiger partial charge is 0.307 e. The van der Waals surface area contributed by atoms with Crippen LogP contribution in [0.4, 0.5) is 13.2 Å². The van der Waals surface area contributed by atoms with Crippen LogP contribution in [0.5, 0.6) is 0 Å². The summed E-state index contributed by atoms with van der Waals surface area (Å²) < 4.78 is 35.7. The Morgan fingerprint density at radius 1 is 1.19 bits per heavy atom. The van der Waals surface area contributed by atoms with E-state index in [1.807, 2.05) is 14.0 Å². The van der Waals surface area contributed by atoms with Crippen molar-refractivity contribution < 1.29 is 13.2 Å². The summed E-state index contributed by atoms with van der Waals surface area (Å²) in [6.07, 6.45) is -1.96. The largest absolute Gasteiger partial charge is 0.401 e. The van der Waals surface area contributed by atoms with Gasteiger partial charge in [0, 0.05) is 18.6 Å². The Balaban J connectivity index is 3.83. The van der Waals surface area contributed by atoms with Gasteiger partial charge in [-0.1, -0.05) is 13.3 Å². The Hall–Kier alpha value is -0.290. The third-order valence-electron chi connectivity index (χ3n) is 2.86. The maximum Gasteiger partial charge on any atom is 0.401 e. The molecule has 2 unspecified atom stereocenters. The molecule has 16 heavy (non-hydrogen) atoms. The van der Waals surface area contributed by atoms with Gasteiger partial charge >= 0.3 is 6.18 Å². The van der Waals surface area contributed by atoms with E-state index in [4.69, 9.17) is 0 Å². The number of alkyl halides is 3. The lowest BCUT2D eigenvalue weighted by Gasteiger charge is -2.31. The molecule has 98 valence electrons. The molecule has 0 radical (unpaired) electrons. The summed E-state index contributed by atoms with van der Waals surface area (Å²) in [7, 11) is 1.96. The second-order valence-corrected chi connectivity index (χ2v) is 4.40. The Morgan fingerprint density at radius 2 is 1.75 bits per heavy atom. The second-order valence-electron chi connectivity index (χ2n) is 4.40. The highest BCUT2D eigenvalue weighted by atomic mass is 19.4. The van der Waals surface area contributed by atoms with Gasteiger partial charge in [0.05, 0.1) is 6.54 Å². The van der Waals surface area contributed by atoms with Gasteiger partial charge in [-0.25, -0.2) is 0 Å². The molecule has 0 saturated carbocycles. The van der Waals surface area contributed by atoms with Gasteiger partial charge in [0.2, 0.25) is 0 Å². The number of hydrogen-bond donors (Lipinski definition) is 1. The first-order valence-corrected chi connectivity index (χ1v) is 5.77. The minimum Gasteiger partial charge on any atom is -0.307 e. The molecule has 2 atom stereocenters. The van der Waals surface area contributed by atoms with Gasteiger partial charge in [0.15, 0.2) is 0 Å². The van der Waals surface area contributed by atoms with E-state index in [0.29, 0.717) is 12.6 Å². The monoisotopic (exact) mass is 240 g/mol. The van der Waals surface area contributed by atoms with E-state index < -0.39 is 12.7 Å². The molecule has 5 heteroatoms. The van der Waals surface area contributed by atoms with Gasteiger partial charge < -0.3 is 5.32 Å². The molecular weight excluding hydrogens is 217 g/mol. The van der Waals surface area contributed by atoms with Crippen molar-refractivity contribution in [2.75, 3.05) is 20.1 Å². The zero-order valence-corrected chi connectivity index (χ0v) is 10.6. The number of halogens is 3. The Kier molecular flexibility index (Phi) is 6.99. The lowest BCUT2D eigenvalue weighted by molar-refractivity contribution is -0.125. The first-order chi connectivity index (χ1) is 7.28. The predicted octanol–water partition coefficient (Wildman–Crippen LogP) is 2.65. The molecule has 0 aromatic carbocycles. The standard InChI is InChI=1S/C11H23F3N2/c1-5-6-9(2)16(4)10(3)7-15-8-11(12,13)14/h9-10,15H,5-8H2,1-4H3. The molecule has 0 rings (SSSR count). The van der Waals surface area contributed by atoms with Gasteiger partial charge in [-0.2, -0.15) is 13.2 Å². The van der Waals surface area contributed by atoms with Crippen LogP contribution < -0.4 is 5.32 Å². The SMILES string of the molecule is CCCC(C)N(C)C(C)CNCC(F)(F)F. The summed E-state index contributed by atoms with van der Waals surface area (Å²) in [5.41, 5.74) is 0. The van der Waals surface area contributed by atoms with E-state index in [1.165, 1.54) is 0 Å². The molecule has 0 spiro atoms. The summed E-state index contributed by atoms with van der Waals surface area (Å²) >= 11 is 0. The van der Waals surface area contributed by atoms with Gasteiger partial charge in [0.1, 0.15) is 0 Å². The number of rotatable bonds is 7. The summed E-state index contributed by atoms with van der Waals surface area (Å²) in [4.78, 5) is 2.12. The second kappa shape index (κ2) is 7.12. The van der Waals surface area contributed by atoms with Crippen molar-refractivity contribution >= 4 is 0 Å². The molecule has 0 amide bonds. The normalized spacial score (nSPS) is 16.5. The van der Waals surface area contributed by atoms with Crippen molar-refractivity contribution in [3.8, 4) is 0 Å². The van der Waals surface area contributed by atoms with Crippen LogP contribution in [0.1, 0.15) is 33.6 Å². The first kappa shape index (κ1) is 15.7. The molecule has 0 saturated heterocycles. The summed E-state index contributed by atoms with van der Waals surface area (Å²) in [6, 6.07) is 0.525. The number of nitrogens with zero attached hydrogens (tertiary/aromatic N) is 1. The third-order valence-corrected chi connectivity index (χ3v) is 2.86. The minimum absolute atomic E-state index is 0.115. The van der Waals surface area contributed by atoms with Gasteiger partial charge in [-0.05, 0) is 27.3 Å². The summed E-state index contributed by atoms with van der Waals surface area (Å²) in [5, 5.41) is 2.44. The van der Waals surface area contributed by atoms with E-state index in [1.54, 1.807) is 0 Å². The molecule has 2 nitrogen and oxygen atoms in total. The molecule has 0 aromatic rings. The van der Waals surface area contributed by atoms with Crippen LogP contribution in [0.3, 0.4) is 0 Å². The fourth-order valence-electron chi connectivity index (χ4n) is 1.62. The lowest BCUT2D eigenvalue weighted by Crippen LogP contribution is -2.44. The van der Waals surface area contributed by atoms with Crippen LogP contribution in [0.15, 0.2) is 0 Å². The highest BCUT2D eigenvalue weighted by molar-refractivity contribution is 4.72. The number of hydrogen-bond acceptors (Lipinski definition) is 2. The van der Waals surface area contributed by atoms with E-state index in [9.17, 15) is 13.2 Å². The van der Waals surface area contributed by atoms with E-state index in [0.717, 1.165) is 12.8 Å². The van der Waals surface area contributed by atoms with Crippen LogP contribution in [0.25, 0.3) is 0 Å².